The van der Waals surface area contributed by atoms with Crippen LogP contribution < -0.4 is 15.8 Å². The Kier molecular flexibility index (Phi) is 4.71. The number of rotatable bonds is 5. The molecule has 0 radical (unpaired) electrons. The summed E-state index contributed by atoms with van der Waals surface area (Å²) in [5, 5.41) is 7.77. The Balaban J connectivity index is 1.80. The first-order valence-corrected chi connectivity index (χ1v) is 8.78. The van der Waals surface area contributed by atoms with Crippen molar-refractivity contribution in [2.45, 2.75) is 6.54 Å². The summed E-state index contributed by atoms with van der Waals surface area (Å²) in [5.74, 6) is 0.0926. The molecule has 0 aliphatic heterocycles. The summed E-state index contributed by atoms with van der Waals surface area (Å²) in [6.07, 6.45) is 0. The highest BCUT2D eigenvalue weighted by Crippen LogP contribution is 2.33. The van der Waals surface area contributed by atoms with Crippen LogP contribution in [0.1, 0.15) is 5.56 Å². The number of aromatic nitrogens is 4. The van der Waals surface area contributed by atoms with E-state index in [2.05, 4.69) is 20.4 Å². The minimum Gasteiger partial charge on any atom is -0.497 e. The highest BCUT2D eigenvalue weighted by Gasteiger charge is 2.19. The molecule has 0 saturated carbocycles. The summed E-state index contributed by atoms with van der Waals surface area (Å²) in [5.41, 5.74) is 7.72. The van der Waals surface area contributed by atoms with Gasteiger partial charge in [0.1, 0.15) is 23.2 Å². The molecule has 7 nitrogen and oxygen atoms in total. The first kappa shape index (κ1) is 18.6. The zero-order valence-electron chi connectivity index (χ0n) is 15.8. The minimum atomic E-state index is -0.510. The van der Waals surface area contributed by atoms with E-state index in [4.69, 9.17) is 10.5 Å². The van der Waals surface area contributed by atoms with Gasteiger partial charge in [0.25, 0.3) is 0 Å². The van der Waals surface area contributed by atoms with Crippen molar-refractivity contribution in [2.75, 3.05) is 18.2 Å². The number of hydrogen-bond donors (Lipinski definition) is 2. The Morgan fingerprint density at radius 1 is 1.14 bits per heavy atom. The van der Waals surface area contributed by atoms with Crippen LogP contribution in [-0.4, -0.2) is 26.9 Å². The predicted octanol–water partition coefficient (Wildman–Crippen LogP) is 3.51. The van der Waals surface area contributed by atoms with Gasteiger partial charge >= 0.3 is 0 Å². The van der Waals surface area contributed by atoms with Crippen LogP contribution in [0.3, 0.4) is 0 Å². The summed E-state index contributed by atoms with van der Waals surface area (Å²) < 4.78 is 34.7. The highest BCUT2D eigenvalue weighted by molar-refractivity contribution is 5.99. The van der Waals surface area contributed by atoms with Gasteiger partial charge in [0, 0.05) is 25.2 Å². The molecule has 2 aromatic heterocycles. The van der Waals surface area contributed by atoms with Crippen LogP contribution >= 0.6 is 0 Å². The summed E-state index contributed by atoms with van der Waals surface area (Å²) in [7, 11) is 3.13. The van der Waals surface area contributed by atoms with E-state index >= 15 is 0 Å². The van der Waals surface area contributed by atoms with Gasteiger partial charge in [-0.15, -0.1) is 0 Å². The molecule has 0 unspecified atom stereocenters. The summed E-state index contributed by atoms with van der Waals surface area (Å²) in [6.45, 7) is 0.288. The van der Waals surface area contributed by atoms with Crippen molar-refractivity contribution in [1.82, 2.24) is 19.7 Å². The average molecular weight is 396 g/mol. The van der Waals surface area contributed by atoms with E-state index in [0.717, 1.165) is 0 Å². The number of benzene rings is 2. The van der Waals surface area contributed by atoms with E-state index in [1.807, 2.05) is 0 Å². The lowest BCUT2D eigenvalue weighted by atomic mass is 10.1. The van der Waals surface area contributed by atoms with E-state index in [9.17, 15) is 8.78 Å². The number of halogens is 2. The third-order valence-corrected chi connectivity index (χ3v) is 4.51. The first-order valence-electron chi connectivity index (χ1n) is 8.78. The van der Waals surface area contributed by atoms with Gasteiger partial charge in [-0.25, -0.2) is 13.8 Å². The smallest absolute Gasteiger partial charge is 0.225 e. The molecule has 2 heterocycles. The molecule has 0 spiro atoms. The molecule has 0 aliphatic rings. The topological polar surface area (TPSA) is 90.9 Å². The zero-order valence-corrected chi connectivity index (χ0v) is 15.8. The number of nitrogens with zero attached hydrogens (tertiary/aromatic N) is 4. The van der Waals surface area contributed by atoms with Gasteiger partial charge in [-0.1, -0.05) is 12.1 Å². The monoisotopic (exact) mass is 396 g/mol. The van der Waals surface area contributed by atoms with Gasteiger partial charge in [-0.2, -0.15) is 10.1 Å². The lowest BCUT2D eigenvalue weighted by Crippen LogP contribution is -2.05. The molecule has 0 fully saturated rings. The van der Waals surface area contributed by atoms with Crippen LogP contribution in [0.2, 0.25) is 0 Å². The molecule has 0 bridgehead atoms. The lowest BCUT2D eigenvalue weighted by molar-refractivity contribution is 0.411. The minimum absolute atomic E-state index is 0.227. The number of aryl methyl sites for hydroxylation is 1. The molecule has 0 amide bonds. The number of ether oxygens (including phenoxy) is 1. The fourth-order valence-corrected chi connectivity index (χ4v) is 3.03. The van der Waals surface area contributed by atoms with E-state index < -0.39 is 5.82 Å². The molecular formula is C20H18F2N6O. The van der Waals surface area contributed by atoms with Crippen molar-refractivity contribution in [3.05, 3.63) is 59.7 Å². The van der Waals surface area contributed by atoms with E-state index in [1.54, 1.807) is 31.3 Å². The summed E-state index contributed by atoms with van der Waals surface area (Å²) >= 11 is 0. The van der Waals surface area contributed by atoms with Crippen molar-refractivity contribution < 1.29 is 13.5 Å². The quantitative estimate of drug-likeness (QED) is 0.537. The fourth-order valence-electron chi connectivity index (χ4n) is 3.03. The van der Waals surface area contributed by atoms with E-state index in [0.29, 0.717) is 33.9 Å². The van der Waals surface area contributed by atoms with Gasteiger partial charge < -0.3 is 15.8 Å². The normalized spacial score (nSPS) is 11.0. The number of fused-ring (bicyclic) bond motifs is 1. The van der Waals surface area contributed by atoms with Crippen molar-refractivity contribution in [3.63, 3.8) is 0 Å². The SMILES string of the molecule is COc1ccc(-c2nc(NCc3cccc(F)c3)nc3nn(C)c(N)c23)c(F)c1. The molecule has 0 aliphatic carbocycles. The number of methoxy groups -OCH3 is 1. The number of nitrogens with one attached hydrogen (secondary N) is 1. The van der Waals surface area contributed by atoms with Crippen LogP contribution in [0.15, 0.2) is 42.5 Å². The Bertz CT molecular complexity index is 1210. The predicted molar refractivity (Wildman–Crippen MR) is 106 cm³/mol. The Labute approximate surface area is 165 Å². The molecular weight excluding hydrogens is 378 g/mol. The zero-order chi connectivity index (χ0) is 20.5. The van der Waals surface area contributed by atoms with Crippen LogP contribution in [0.25, 0.3) is 22.3 Å². The van der Waals surface area contributed by atoms with Crippen LogP contribution in [0.4, 0.5) is 20.5 Å². The first-order chi connectivity index (χ1) is 14.0. The van der Waals surface area contributed by atoms with E-state index in [-0.39, 0.29) is 23.9 Å². The molecule has 9 heteroatoms. The number of hydrogen-bond acceptors (Lipinski definition) is 6. The van der Waals surface area contributed by atoms with Crippen molar-refractivity contribution in [1.29, 1.82) is 0 Å². The molecule has 2 aromatic carbocycles. The van der Waals surface area contributed by atoms with Gasteiger partial charge in [-0.3, -0.25) is 4.68 Å². The largest absolute Gasteiger partial charge is 0.497 e. The Morgan fingerprint density at radius 3 is 2.69 bits per heavy atom. The molecule has 0 atom stereocenters. The van der Waals surface area contributed by atoms with Gasteiger partial charge in [0.15, 0.2) is 5.65 Å². The van der Waals surface area contributed by atoms with Gasteiger partial charge in [0.05, 0.1) is 18.2 Å². The van der Waals surface area contributed by atoms with Crippen molar-refractivity contribution in [2.24, 2.45) is 7.05 Å². The Hall–Kier alpha value is -3.75. The van der Waals surface area contributed by atoms with Crippen LogP contribution in [0.5, 0.6) is 5.75 Å². The third-order valence-electron chi connectivity index (χ3n) is 4.51. The highest BCUT2D eigenvalue weighted by atomic mass is 19.1. The maximum atomic E-state index is 14.7. The summed E-state index contributed by atoms with van der Waals surface area (Å²) in [6, 6.07) is 10.7. The molecule has 3 N–H and O–H groups in total. The average Bonchev–Trinajstić information content (AvgIpc) is 2.99. The number of anilines is 2. The third kappa shape index (κ3) is 3.54. The summed E-state index contributed by atoms with van der Waals surface area (Å²) in [4.78, 5) is 8.84. The second-order valence-corrected chi connectivity index (χ2v) is 6.43. The van der Waals surface area contributed by atoms with E-state index in [1.165, 1.54) is 30.0 Å². The molecule has 4 aromatic rings. The lowest BCUT2D eigenvalue weighted by Gasteiger charge is -2.10. The second-order valence-electron chi connectivity index (χ2n) is 6.43. The van der Waals surface area contributed by atoms with Crippen LogP contribution in [-0.2, 0) is 13.6 Å². The maximum absolute atomic E-state index is 14.7. The maximum Gasteiger partial charge on any atom is 0.225 e. The molecule has 0 saturated heterocycles. The number of nitrogen functional groups attached to an aromatic ring is 1. The standard InChI is InChI=1S/C20H18F2N6O/c1-28-18(23)16-17(14-7-6-13(29-2)9-15(14)22)25-20(26-19(16)27-28)24-10-11-4-3-5-12(21)8-11/h3-9H,10,23H2,1-2H3,(H,24,26,27). The molecule has 29 heavy (non-hydrogen) atoms. The molecule has 4 rings (SSSR count). The van der Waals surface area contributed by atoms with Gasteiger partial charge in [-0.05, 0) is 29.8 Å². The van der Waals surface area contributed by atoms with Crippen molar-refractivity contribution >= 4 is 22.8 Å². The second kappa shape index (κ2) is 7.34. The fraction of sp³-hybridized carbons (Fsp3) is 0.150. The molecule has 148 valence electrons. The van der Waals surface area contributed by atoms with Gasteiger partial charge in [0.2, 0.25) is 5.95 Å². The number of nitrogens with two attached hydrogens (primary N) is 1. The van der Waals surface area contributed by atoms with Crippen LogP contribution in [0, 0.1) is 11.6 Å². The van der Waals surface area contributed by atoms with Crippen molar-refractivity contribution in [3.8, 4) is 17.0 Å². The Morgan fingerprint density at radius 2 is 1.97 bits per heavy atom.